The molecule has 36 heavy (non-hydrogen) atoms. The average molecular weight is 484 g/mol. The van der Waals surface area contributed by atoms with E-state index in [1.54, 1.807) is 6.20 Å². The van der Waals surface area contributed by atoms with E-state index in [-0.39, 0.29) is 11.8 Å². The summed E-state index contributed by atoms with van der Waals surface area (Å²) >= 11 is 0. The molecule has 184 valence electrons. The smallest absolute Gasteiger partial charge is 0.275 e. The van der Waals surface area contributed by atoms with Gasteiger partial charge in [0.2, 0.25) is 5.89 Å². The van der Waals surface area contributed by atoms with Gasteiger partial charge in [-0.2, -0.15) is 5.10 Å². The van der Waals surface area contributed by atoms with Crippen molar-refractivity contribution in [2.75, 3.05) is 33.2 Å². The number of pyridine rings is 1. The molecule has 0 aliphatic carbocycles. The van der Waals surface area contributed by atoms with Crippen molar-refractivity contribution in [3.8, 4) is 22.7 Å². The van der Waals surface area contributed by atoms with Crippen LogP contribution < -0.4 is 0 Å². The fourth-order valence-electron chi connectivity index (χ4n) is 5.14. The van der Waals surface area contributed by atoms with Gasteiger partial charge in [0.1, 0.15) is 6.26 Å². The van der Waals surface area contributed by atoms with Crippen LogP contribution in [0.1, 0.15) is 42.2 Å². The van der Waals surface area contributed by atoms with Gasteiger partial charge in [-0.15, -0.1) is 0 Å². The topological polar surface area (TPSA) is 107 Å². The van der Waals surface area contributed by atoms with E-state index in [2.05, 4.69) is 57.0 Å². The lowest BCUT2D eigenvalue weighted by Crippen LogP contribution is -2.34. The molecule has 9 nitrogen and oxygen atoms in total. The number of hydrogen-bond donors (Lipinski definition) is 2. The number of likely N-dealkylation sites (N-methyl/N-ethyl adjacent to an activating group) is 1. The molecule has 1 amide bonds. The molecule has 1 saturated heterocycles. The highest BCUT2D eigenvalue weighted by atomic mass is 16.3. The number of aromatic nitrogens is 5. The molecule has 0 atom stereocenters. The van der Waals surface area contributed by atoms with Gasteiger partial charge in [0.15, 0.2) is 11.3 Å². The summed E-state index contributed by atoms with van der Waals surface area (Å²) in [5, 5.41) is 9.21. The number of fused-ring (bicyclic) bond motifs is 2. The van der Waals surface area contributed by atoms with Crippen molar-refractivity contribution >= 4 is 27.8 Å². The van der Waals surface area contributed by atoms with Crippen LogP contribution in [-0.2, 0) is 0 Å². The largest absolute Gasteiger partial charge is 0.444 e. The molecule has 6 rings (SSSR count). The fourth-order valence-corrected chi connectivity index (χ4v) is 5.14. The third-order valence-corrected chi connectivity index (χ3v) is 7.02. The second-order valence-corrected chi connectivity index (χ2v) is 9.81. The lowest BCUT2D eigenvalue weighted by Gasteiger charge is -2.18. The molecule has 5 aromatic rings. The van der Waals surface area contributed by atoms with Crippen LogP contribution in [0, 0.1) is 0 Å². The number of benzene rings is 1. The summed E-state index contributed by atoms with van der Waals surface area (Å²) in [6, 6.07) is 8.14. The number of amides is 1. The minimum atomic E-state index is -0.0741. The van der Waals surface area contributed by atoms with E-state index in [9.17, 15) is 4.79 Å². The van der Waals surface area contributed by atoms with Crippen LogP contribution in [0.4, 0.5) is 0 Å². The van der Waals surface area contributed by atoms with Gasteiger partial charge in [0.05, 0.1) is 11.9 Å². The second-order valence-electron chi connectivity index (χ2n) is 9.81. The molecule has 5 heterocycles. The Bertz CT molecular complexity index is 1560. The molecule has 1 aromatic carbocycles. The molecule has 0 radical (unpaired) electrons. The number of nitrogens with one attached hydrogen (secondary N) is 2. The van der Waals surface area contributed by atoms with Crippen molar-refractivity contribution in [1.29, 1.82) is 0 Å². The summed E-state index contributed by atoms with van der Waals surface area (Å²) in [5.74, 6) is 0.641. The highest BCUT2D eigenvalue weighted by Gasteiger charge is 2.23. The standard InChI is InChI=1S/C27H29N7O2/c1-16(2)23-19-13-17(26-31-22(15-36-26)27(35)34-10-4-9-33(3)11-12-34)5-6-21(19)30-24(23)18-7-8-28-25-20(18)14-29-32-25/h5-8,13-16,30H,4,9-12H2,1-3H3,(H,28,29,32). The molecule has 4 aromatic heterocycles. The van der Waals surface area contributed by atoms with Crippen LogP contribution in [0.2, 0.25) is 0 Å². The molecule has 0 unspecified atom stereocenters. The minimum Gasteiger partial charge on any atom is -0.444 e. The summed E-state index contributed by atoms with van der Waals surface area (Å²) in [4.78, 5) is 29.8. The first-order chi connectivity index (χ1) is 17.5. The van der Waals surface area contributed by atoms with Gasteiger partial charge in [-0.05, 0) is 55.8 Å². The van der Waals surface area contributed by atoms with Crippen molar-refractivity contribution in [1.82, 2.24) is 34.9 Å². The van der Waals surface area contributed by atoms with Gasteiger partial charge >= 0.3 is 0 Å². The molecular weight excluding hydrogens is 454 g/mol. The summed E-state index contributed by atoms with van der Waals surface area (Å²) in [7, 11) is 2.09. The third-order valence-electron chi connectivity index (χ3n) is 7.02. The Morgan fingerprint density at radius 3 is 2.86 bits per heavy atom. The van der Waals surface area contributed by atoms with Crippen LogP contribution in [0.3, 0.4) is 0 Å². The molecular formula is C27H29N7O2. The summed E-state index contributed by atoms with van der Waals surface area (Å²) in [6.45, 7) is 7.67. The van der Waals surface area contributed by atoms with E-state index in [0.717, 1.165) is 64.8 Å². The molecule has 1 aliphatic rings. The molecule has 1 fully saturated rings. The summed E-state index contributed by atoms with van der Waals surface area (Å²) < 4.78 is 5.80. The highest BCUT2D eigenvalue weighted by molar-refractivity contribution is 5.99. The monoisotopic (exact) mass is 483 g/mol. The van der Waals surface area contributed by atoms with Gasteiger partial charge < -0.3 is 19.2 Å². The molecule has 0 spiro atoms. The zero-order valence-corrected chi connectivity index (χ0v) is 20.7. The van der Waals surface area contributed by atoms with E-state index in [1.165, 1.54) is 11.8 Å². The van der Waals surface area contributed by atoms with Crippen molar-refractivity contribution in [2.24, 2.45) is 0 Å². The Kier molecular flexibility index (Phi) is 5.56. The molecule has 0 saturated carbocycles. The second kappa shape index (κ2) is 8.91. The van der Waals surface area contributed by atoms with Gasteiger partial charge in [0, 0.05) is 53.2 Å². The van der Waals surface area contributed by atoms with Gasteiger partial charge in [-0.25, -0.2) is 9.97 Å². The van der Waals surface area contributed by atoms with Crippen molar-refractivity contribution in [3.63, 3.8) is 0 Å². The Morgan fingerprint density at radius 1 is 1.11 bits per heavy atom. The third kappa shape index (κ3) is 3.85. The number of H-pyrrole nitrogens is 2. The number of carbonyl (C=O) groups excluding carboxylic acids is 1. The van der Waals surface area contributed by atoms with Gasteiger partial charge in [-0.1, -0.05) is 13.8 Å². The number of rotatable bonds is 4. The van der Waals surface area contributed by atoms with E-state index < -0.39 is 0 Å². The minimum absolute atomic E-state index is 0.0741. The Hall–Kier alpha value is -3.98. The van der Waals surface area contributed by atoms with E-state index in [4.69, 9.17) is 4.42 Å². The first kappa shape index (κ1) is 22.5. The first-order valence-electron chi connectivity index (χ1n) is 12.4. The van der Waals surface area contributed by atoms with Gasteiger partial charge in [0.25, 0.3) is 5.91 Å². The maximum absolute atomic E-state index is 13.1. The van der Waals surface area contributed by atoms with Crippen molar-refractivity contribution in [2.45, 2.75) is 26.2 Å². The SMILES string of the molecule is CC(C)c1c(-c2ccnc3[nH]ncc23)[nH]c2ccc(-c3nc(C(=O)N4CCCN(C)CC4)co3)cc12. The zero-order chi connectivity index (χ0) is 24.8. The van der Waals surface area contributed by atoms with Crippen LogP contribution in [-0.4, -0.2) is 74.1 Å². The molecule has 1 aliphatic heterocycles. The summed E-state index contributed by atoms with van der Waals surface area (Å²) in [5.41, 5.74) is 6.30. The number of oxazole rings is 1. The molecule has 9 heteroatoms. The zero-order valence-electron chi connectivity index (χ0n) is 20.7. The van der Waals surface area contributed by atoms with E-state index in [0.29, 0.717) is 18.1 Å². The quantitative estimate of drug-likeness (QED) is 0.385. The van der Waals surface area contributed by atoms with Gasteiger partial charge in [-0.3, -0.25) is 9.89 Å². The lowest BCUT2D eigenvalue weighted by atomic mass is 9.95. The summed E-state index contributed by atoms with van der Waals surface area (Å²) in [6.07, 6.45) is 6.05. The number of carbonyl (C=O) groups is 1. The lowest BCUT2D eigenvalue weighted by molar-refractivity contribution is 0.0757. The normalized spacial score (nSPS) is 15.3. The number of hydrogen-bond acceptors (Lipinski definition) is 6. The van der Waals surface area contributed by atoms with Crippen LogP contribution in [0.5, 0.6) is 0 Å². The number of nitrogens with zero attached hydrogens (tertiary/aromatic N) is 5. The Morgan fingerprint density at radius 2 is 2.00 bits per heavy atom. The van der Waals surface area contributed by atoms with Crippen LogP contribution in [0.15, 0.2) is 47.3 Å². The van der Waals surface area contributed by atoms with Crippen molar-refractivity contribution < 1.29 is 9.21 Å². The maximum Gasteiger partial charge on any atom is 0.275 e. The van der Waals surface area contributed by atoms with Crippen LogP contribution in [0.25, 0.3) is 44.6 Å². The predicted octanol–water partition coefficient (Wildman–Crippen LogP) is 4.66. The van der Waals surface area contributed by atoms with E-state index >= 15 is 0 Å². The predicted molar refractivity (Wildman–Crippen MR) is 139 cm³/mol. The highest BCUT2D eigenvalue weighted by Crippen LogP contribution is 2.39. The Balaban J connectivity index is 1.37. The molecule has 2 N–H and O–H groups in total. The number of aromatic amines is 2. The maximum atomic E-state index is 13.1. The average Bonchev–Trinajstić information content (AvgIpc) is 3.60. The van der Waals surface area contributed by atoms with E-state index in [1.807, 2.05) is 29.3 Å². The van der Waals surface area contributed by atoms with Crippen LogP contribution >= 0.6 is 0 Å². The molecule has 0 bridgehead atoms. The van der Waals surface area contributed by atoms with Crippen molar-refractivity contribution in [3.05, 3.63) is 54.2 Å². The fraction of sp³-hybridized carbons (Fsp3) is 0.333. The Labute approximate surface area is 208 Å². The first-order valence-corrected chi connectivity index (χ1v) is 12.4.